The van der Waals surface area contributed by atoms with Crippen LogP contribution in [0.3, 0.4) is 0 Å². The van der Waals surface area contributed by atoms with E-state index in [1.165, 1.54) is 4.57 Å². The minimum absolute atomic E-state index is 0.113. The lowest BCUT2D eigenvalue weighted by Crippen LogP contribution is -2.61. The zero-order valence-corrected chi connectivity index (χ0v) is 77.2. The van der Waals surface area contributed by atoms with Crippen LogP contribution in [0.15, 0.2) is 388 Å². The maximum Gasteiger partial charge on any atom is 0.252 e. The predicted octanol–water partition coefficient (Wildman–Crippen LogP) is 30.0. The Labute approximate surface area is 816 Å². The lowest BCUT2D eigenvalue weighted by atomic mass is 9.33. The quantitative estimate of drug-likeness (QED) is 0.105. The van der Waals surface area contributed by atoms with Crippen LogP contribution in [-0.2, 0) is 21.7 Å². The van der Waals surface area contributed by atoms with Crippen LogP contribution in [0.2, 0.25) is 0 Å². The van der Waals surface area contributed by atoms with E-state index in [1.807, 2.05) is 200 Å². The van der Waals surface area contributed by atoms with E-state index in [4.69, 9.17) is 29.9 Å². The first-order chi connectivity index (χ1) is 72.6. The summed E-state index contributed by atoms with van der Waals surface area (Å²) in [6.07, 6.45) is 0. The lowest BCUT2D eigenvalue weighted by molar-refractivity contribution is 0.590. The summed E-state index contributed by atoms with van der Waals surface area (Å²) in [4.78, 5) is 38.2. The minimum atomic E-state index is -1.01. The third kappa shape index (κ3) is 13.9. The molecule has 5 aromatic heterocycles. The molecule has 0 fully saturated rings. The molecule has 7 heterocycles. The summed E-state index contributed by atoms with van der Waals surface area (Å²) >= 11 is 0. The van der Waals surface area contributed by atoms with Gasteiger partial charge in [-0.2, -0.15) is 0 Å². The van der Waals surface area contributed by atoms with Gasteiger partial charge in [0.1, 0.15) is 0 Å². The van der Waals surface area contributed by atoms with Gasteiger partial charge >= 0.3 is 0 Å². The molecule has 0 unspecified atom stereocenters. The normalized spacial score (nSPS) is 14.5. The number of hydrogen-bond acceptors (Lipinski definition) is 8. The average Bonchev–Trinajstić information content (AvgIpc) is 1.14. The summed E-state index contributed by atoms with van der Waals surface area (Å²) in [5.74, 6) is 1.81. The molecule has 0 amide bonds. The van der Waals surface area contributed by atoms with Crippen LogP contribution >= 0.6 is 0 Å². The van der Waals surface area contributed by atoms with Crippen LogP contribution in [0, 0.1) is 0 Å². The Bertz CT molecular complexity index is 9260. The highest BCUT2D eigenvalue weighted by molar-refractivity contribution is 7.00. The number of rotatable bonds is 13. The third-order valence-electron chi connectivity index (χ3n) is 26.8. The van der Waals surface area contributed by atoms with Crippen LogP contribution in [-0.4, -0.2) is 50.3 Å². The molecular weight excluding hydrogens is 1650 g/mol. The van der Waals surface area contributed by atoms with Crippen molar-refractivity contribution in [3.05, 3.63) is 410 Å². The van der Waals surface area contributed by atoms with E-state index < -0.39 is 114 Å². The van der Waals surface area contributed by atoms with E-state index in [0.717, 1.165) is 49.6 Å². The Morgan fingerprint density at radius 3 is 0.816 bits per heavy atom. The van der Waals surface area contributed by atoms with Crippen LogP contribution in [0.4, 0.5) is 34.1 Å². The zero-order valence-electron chi connectivity index (χ0n) is 93.2. The van der Waals surface area contributed by atoms with Crippen LogP contribution in [0.25, 0.3) is 173 Å². The first kappa shape index (κ1) is 67.1. The van der Waals surface area contributed by atoms with Crippen LogP contribution in [0.5, 0.6) is 0 Å². The second-order valence-electron chi connectivity index (χ2n) is 39.5. The van der Waals surface area contributed by atoms with Gasteiger partial charge in [-0.15, -0.1) is 0 Å². The number of aromatic nitrogens is 9. The Balaban J connectivity index is 0.966. The van der Waals surface area contributed by atoms with E-state index >= 15 is 0 Å². The van der Waals surface area contributed by atoms with E-state index in [0.29, 0.717) is 130 Å². The number of nitrogens with zero attached hydrogens (tertiary/aromatic N) is 11. The van der Waals surface area contributed by atoms with Crippen molar-refractivity contribution in [2.45, 2.75) is 105 Å². The molecule has 12 heteroatoms. The molecular formula is C124H100BN11. The summed E-state index contributed by atoms with van der Waals surface area (Å²) in [6, 6.07) is 87.9. The molecule has 22 aromatic rings. The van der Waals surface area contributed by atoms with E-state index in [1.54, 1.807) is 4.57 Å². The number of benzene rings is 17. The van der Waals surface area contributed by atoms with Crippen LogP contribution < -0.4 is 26.2 Å². The van der Waals surface area contributed by atoms with Crippen molar-refractivity contribution in [3.8, 4) is 108 Å². The fourth-order valence-electron chi connectivity index (χ4n) is 19.9. The smallest absolute Gasteiger partial charge is 0.252 e. The molecule has 0 N–H and O–H groups in total. The number of anilines is 6. The Morgan fingerprint density at radius 2 is 0.500 bits per heavy atom. The second kappa shape index (κ2) is 31.8. The molecule has 0 aliphatic carbocycles. The van der Waals surface area contributed by atoms with Gasteiger partial charge in [-0.25, -0.2) is 29.9 Å². The van der Waals surface area contributed by atoms with Gasteiger partial charge in [-0.05, 0) is 181 Å². The summed E-state index contributed by atoms with van der Waals surface area (Å²) in [5.41, 5.74) is 15.1. The molecule has 17 aromatic carbocycles. The lowest BCUT2D eigenvalue weighted by Gasteiger charge is -2.46. The number of fused-ring (bicyclic) bond motifs is 13. The molecule has 136 heavy (non-hydrogen) atoms. The maximum absolute atomic E-state index is 10.6. The third-order valence-corrected chi connectivity index (χ3v) is 26.8. The maximum atomic E-state index is 10.6. The highest BCUT2D eigenvalue weighted by Crippen LogP contribution is 2.57. The fourth-order valence-corrected chi connectivity index (χ4v) is 19.9. The zero-order chi connectivity index (χ0) is 106. The topological polar surface area (TPSA) is 98.6 Å². The second-order valence-corrected chi connectivity index (χ2v) is 39.5. The molecule has 2 aliphatic rings. The number of para-hydroxylation sites is 4. The molecule has 11 nitrogen and oxygen atoms in total. The molecule has 24 rings (SSSR count). The summed E-state index contributed by atoms with van der Waals surface area (Å²) in [7, 11) is 0. The average molecular weight is 1770 g/mol. The van der Waals surface area contributed by atoms with Crippen molar-refractivity contribution in [2.75, 3.05) is 9.80 Å². The Hall–Kier alpha value is -16.2. The first-order valence-electron chi connectivity index (χ1n) is 54.0. The molecule has 0 atom stereocenters. The summed E-state index contributed by atoms with van der Waals surface area (Å²) < 4.78 is 165. The monoisotopic (exact) mass is 1770 g/mol. The van der Waals surface area contributed by atoms with Gasteiger partial charge in [0.05, 0.1) is 72.1 Å². The van der Waals surface area contributed by atoms with Crippen molar-refractivity contribution >= 4 is 123 Å². The summed E-state index contributed by atoms with van der Waals surface area (Å²) in [5, 5.41) is 1.35. The van der Waals surface area contributed by atoms with Crippen molar-refractivity contribution < 1.29 is 21.9 Å². The standard InChI is InChI=1S/C124H100BN11/c1-121(2,3)83-59-65-106-96(67-83)97-68-84(122(4,5)6)60-66-107(97)133(106)88-62-64-101-109(74-88)136(114-95(78-41-21-14-22-42-78)70-86(124(10,11)12)72-99(114)120-130-117(81-47-27-17-28-48-81)127-118(131-120)82-49-29-18-30-50-82)111-76-89(134-104-57-37-33-53-92(104)93-54-34-38-58-105(93)134)75-110-112(111)125(101)100-63-61-87(132-102-55-35-31-51-90(102)91-52-32-36-56-103(91)132)73-108(100)135(110)113-94(77-39-19-13-20-40-77)69-85(123(7,8)9)71-98(113)119-128-115(79-43-23-15-24-44-79)126-116(129-119)80-45-25-16-26-46-80/h13-76H,1-12H3/i31D,32D,33D,34D,35D,36D,37D,38D,51D,52D,53D,54D,55D,56D,57D,58D. The van der Waals surface area contributed by atoms with Crippen molar-refractivity contribution in [1.82, 2.24) is 43.6 Å². The largest absolute Gasteiger partial charge is 0.310 e. The van der Waals surface area contributed by atoms with Crippen LogP contribution in [0.1, 0.15) is 127 Å². The minimum Gasteiger partial charge on any atom is -0.310 e. The van der Waals surface area contributed by atoms with Crippen molar-refractivity contribution in [2.24, 2.45) is 0 Å². The molecule has 0 spiro atoms. The Morgan fingerprint density at radius 1 is 0.228 bits per heavy atom. The fraction of sp³-hybridized carbons (Fsp3) is 0.129. The molecule has 0 radical (unpaired) electrons. The van der Waals surface area contributed by atoms with E-state index in [2.05, 4.69) is 188 Å². The molecule has 654 valence electrons. The molecule has 0 saturated heterocycles. The van der Waals surface area contributed by atoms with E-state index in [9.17, 15) is 21.9 Å². The molecule has 2 aliphatic heterocycles. The first-order valence-corrected chi connectivity index (χ1v) is 46.0. The van der Waals surface area contributed by atoms with Gasteiger partial charge in [0.15, 0.2) is 34.9 Å². The highest BCUT2D eigenvalue weighted by atomic mass is 15.2. The van der Waals surface area contributed by atoms with Crippen molar-refractivity contribution in [3.63, 3.8) is 0 Å². The van der Waals surface area contributed by atoms with Gasteiger partial charge in [0.2, 0.25) is 0 Å². The molecule has 0 saturated carbocycles. The van der Waals surface area contributed by atoms with Gasteiger partial charge in [0.25, 0.3) is 6.71 Å². The molecule has 0 bridgehead atoms. The summed E-state index contributed by atoms with van der Waals surface area (Å²) in [6.45, 7) is 25.2. The Kier molecular flexibility index (Phi) is 15.7. The SMILES string of the molecule is [2H]c1c([2H])c([2H])c2c(c1[2H])c1c([2H])c([2H])c([2H])c([2H])c1n2-c1ccc2c(c1)N(c1c(-c3ccccc3)cc(C(C)(C)C)cc1-c1nc(-c3ccccc3)nc(-c3ccccc3)n1)c1cc(-n3c4c([2H])c([2H])c([2H])c([2H])c4c4c([2H])c([2H])c([2H])c([2H])c43)cc3c1B2c1ccc(-n2c4ccc(C(C)(C)C)cc4c4cc(C(C)(C)C)ccc42)cc1N3c1c(-c2ccccc2)cc(C(C)(C)C)cc1-c1nc(-c2ccccc2)nc(-c2ccccc2)n1. The van der Waals surface area contributed by atoms with Gasteiger partial charge in [0, 0.05) is 111 Å². The van der Waals surface area contributed by atoms with E-state index in [-0.39, 0.29) is 77.5 Å². The highest BCUT2D eigenvalue weighted by Gasteiger charge is 2.47. The van der Waals surface area contributed by atoms with Gasteiger partial charge < -0.3 is 23.5 Å². The van der Waals surface area contributed by atoms with Gasteiger partial charge in [-0.3, -0.25) is 0 Å². The predicted molar refractivity (Wildman–Crippen MR) is 569 cm³/mol. The van der Waals surface area contributed by atoms with Crippen molar-refractivity contribution in [1.29, 1.82) is 0 Å². The van der Waals surface area contributed by atoms with Gasteiger partial charge in [-0.1, -0.05) is 362 Å². The number of hydrogen-bond donors (Lipinski definition) is 0.